The lowest BCUT2D eigenvalue weighted by Gasteiger charge is -1.91. The summed E-state index contributed by atoms with van der Waals surface area (Å²) in [5.41, 5.74) is 0. The van der Waals surface area contributed by atoms with Crippen molar-refractivity contribution < 1.29 is 14.6 Å². The number of nitrogens with one attached hydrogen (secondary N) is 1. The van der Waals surface area contributed by atoms with Gasteiger partial charge in [-0.15, -0.1) is 0 Å². The van der Waals surface area contributed by atoms with Gasteiger partial charge in [0.25, 0.3) is 0 Å². The lowest BCUT2D eigenvalue weighted by atomic mass is 10.7. The number of rotatable bonds is 3. The molecular formula is C5H4NO3. The first kappa shape index (κ1) is 5.68. The molecule has 1 aromatic heterocycles. The third kappa shape index (κ3) is 1.49. The molecule has 0 saturated heterocycles. The summed E-state index contributed by atoms with van der Waals surface area (Å²) in [6.07, 6.45) is 1.64. The zero-order chi connectivity index (χ0) is 6.53. The molecule has 0 saturated carbocycles. The molecule has 1 N–H and O–H groups in total. The molecule has 47 valence electrons. The highest BCUT2D eigenvalue weighted by molar-refractivity contribution is 5.37. The van der Waals surface area contributed by atoms with Crippen LogP contribution in [0.1, 0.15) is 0 Å². The van der Waals surface area contributed by atoms with Crippen LogP contribution in [-0.4, -0.2) is 11.5 Å². The second-order valence-electron chi connectivity index (χ2n) is 1.28. The molecule has 4 nitrogen and oxygen atoms in total. The van der Waals surface area contributed by atoms with Crippen molar-refractivity contribution in [1.29, 1.82) is 0 Å². The Bertz CT molecular complexity index is 170. The van der Waals surface area contributed by atoms with Crippen LogP contribution in [0.2, 0.25) is 0 Å². The molecule has 4 heteroatoms. The minimum atomic E-state index is 0.373. The van der Waals surface area contributed by atoms with Gasteiger partial charge in [-0.2, -0.15) is 0 Å². The molecule has 1 radical (unpaired) electrons. The van der Waals surface area contributed by atoms with Crippen molar-refractivity contribution >= 4 is 6.47 Å². The molecule has 1 rings (SSSR count). The summed E-state index contributed by atoms with van der Waals surface area (Å²) in [4.78, 5) is 20.2. The van der Waals surface area contributed by atoms with E-state index in [1.165, 1.54) is 0 Å². The van der Waals surface area contributed by atoms with Crippen molar-refractivity contribution in [2.75, 3.05) is 0 Å². The first-order valence-electron chi connectivity index (χ1n) is 2.27. The zero-order valence-corrected chi connectivity index (χ0v) is 4.46. The summed E-state index contributed by atoms with van der Waals surface area (Å²) in [7, 11) is 0. The minimum Gasteiger partial charge on any atom is -0.329 e. The van der Waals surface area contributed by atoms with E-state index in [1.807, 2.05) is 0 Å². The molecule has 0 spiro atoms. The second kappa shape index (κ2) is 2.76. The van der Waals surface area contributed by atoms with Crippen LogP contribution in [0.25, 0.3) is 0 Å². The van der Waals surface area contributed by atoms with Gasteiger partial charge in [0, 0.05) is 12.3 Å². The molecule has 9 heavy (non-hydrogen) atoms. The molecule has 0 fully saturated rings. The summed E-state index contributed by atoms with van der Waals surface area (Å²) in [5, 5.41) is 0. The van der Waals surface area contributed by atoms with Crippen LogP contribution in [-0.2, 0) is 9.68 Å². The molecule has 0 aliphatic heterocycles. The van der Waals surface area contributed by atoms with Crippen molar-refractivity contribution in [3.8, 4) is 5.88 Å². The Labute approximate surface area is 51.3 Å². The van der Waals surface area contributed by atoms with E-state index in [0.717, 1.165) is 6.47 Å². The van der Waals surface area contributed by atoms with E-state index in [0.29, 0.717) is 5.88 Å². The average molecular weight is 126 g/mol. The van der Waals surface area contributed by atoms with Gasteiger partial charge in [-0.05, 0) is 6.07 Å². The topological polar surface area (TPSA) is 51.3 Å². The summed E-state index contributed by atoms with van der Waals surface area (Å²) in [6, 6.07) is 3.32. The van der Waals surface area contributed by atoms with Crippen molar-refractivity contribution in [2.45, 2.75) is 0 Å². The number of hydrogen-bond donors (Lipinski definition) is 1. The molecule has 0 atom stereocenters. The van der Waals surface area contributed by atoms with Gasteiger partial charge in [0.2, 0.25) is 5.88 Å². The third-order valence-corrected chi connectivity index (χ3v) is 0.735. The smallest absolute Gasteiger partial charge is 0.329 e. The number of aromatic nitrogens is 1. The number of H-pyrrole nitrogens is 1. The quantitative estimate of drug-likeness (QED) is 0.471. The summed E-state index contributed by atoms with van der Waals surface area (Å²) in [6.45, 7) is 1.11. The van der Waals surface area contributed by atoms with Crippen LogP contribution < -0.4 is 4.89 Å². The second-order valence-corrected chi connectivity index (χ2v) is 1.28. The maximum Gasteiger partial charge on any atom is 0.467 e. The van der Waals surface area contributed by atoms with Gasteiger partial charge >= 0.3 is 6.47 Å². The summed E-state index contributed by atoms with van der Waals surface area (Å²) < 4.78 is 0. The van der Waals surface area contributed by atoms with Crippen LogP contribution >= 0.6 is 0 Å². The van der Waals surface area contributed by atoms with E-state index in [4.69, 9.17) is 0 Å². The van der Waals surface area contributed by atoms with Gasteiger partial charge < -0.3 is 4.98 Å². The fourth-order valence-corrected chi connectivity index (χ4v) is 0.428. The molecule has 0 aliphatic rings. The maximum atomic E-state index is 9.41. The molecule has 0 bridgehead atoms. The Morgan fingerprint density at radius 3 is 3.11 bits per heavy atom. The molecule has 1 aromatic rings. The van der Waals surface area contributed by atoms with E-state index in [9.17, 15) is 4.79 Å². The predicted molar refractivity (Wildman–Crippen MR) is 28.2 cm³/mol. The van der Waals surface area contributed by atoms with Crippen LogP contribution in [0, 0.1) is 0 Å². The average Bonchev–Trinajstić information content (AvgIpc) is 2.34. The lowest BCUT2D eigenvalue weighted by molar-refractivity contribution is -0.121. The Kier molecular flexibility index (Phi) is 1.74. The molecule has 0 amide bonds. The van der Waals surface area contributed by atoms with E-state index >= 15 is 0 Å². The Morgan fingerprint density at radius 1 is 1.67 bits per heavy atom. The molecule has 0 unspecified atom stereocenters. The van der Waals surface area contributed by atoms with Gasteiger partial charge in [0.15, 0.2) is 0 Å². The van der Waals surface area contributed by atoms with E-state index in [1.54, 1.807) is 18.3 Å². The highest BCUT2D eigenvalue weighted by Crippen LogP contribution is 2.03. The monoisotopic (exact) mass is 126 g/mol. The molecule has 0 aromatic carbocycles. The van der Waals surface area contributed by atoms with Crippen molar-refractivity contribution in [2.24, 2.45) is 0 Å². The van der Waals surface area contributed by atoms with Gasteiger partial charge in [0.05, 0.1) is 0 Å². The normalized spacial score (nSPS) is 8.44. The van der Waals surface area contributed by atoms with E-state index < -0.39 is 0 Å². The first-order valence-corrected chi connectivity index (χ1v) is 2.27. The van der Waals surface area contributed by atoms with Gasteiger partial charge in [-0.25, -0.2) is 9.68 Å². The highest BCUT2D eigenvalue weighted by Gasteiger charge is 1.90. The summed E-state index contributed by atoms with van der Waals surface area (Å²) in [5.74, 6) is 0.373. The fraction of sp³-hybridized carbons (Fsp3) is 0. The van der Waals surface area contributed by atoms with Gasteiger partial charge in [-0.3, -0.25) is 4.89 Å². The van der Waals surface area contributed by atoms with E-state index in [-0.39, 0.29) is 0 Å². The molecular weight excluding hydrogens is 122 g/mol. The summed E-state index contributed by atoms with van der Waals surface area (Å²) >= 11 is 0. The Hall–Kier alpha value is -1.45. The van der Waals surface area contributed by atoms with Crippen molar-refractivity contribution in [3.05, 3.63) is 18.3 Å². The number of aromatic amines is 1. The van der Waals surface area contributed by atoms with Crippen LogP contribution in [0.3, 0.4) is 0 Å². The van der Waals surface area contributed by atoms with Crippen LogP contribution in [0.15, 0.2) is 18.3 Å². The maximum absolute atomic E-state index is 9.41. The van der Waals surface area contributed by atoms with Crippen LogP contribution in [0.5, 0.6) is 5.88 Å². The van der Waals surface area contributed by atoms with Crippen molar-refractivity contribution in [1.82, 2.24) is 4.98 Å². The Balaban J connectivity index is 2.38. The predicted octanol–water partition coefficient (Wildman–Crippen LogP) is 0.392. The zero-order valence-electron chi connectivity index (χ0n) is 4.46. The molecule has 0 aliphatic carbocycles. The number of carbonyl (C=O) groups excluding carboxylic acids is 1. The SMILES string of the molecule is O=[C]OOc1ccc[nH]1. The largest absolute Gasteiger partial charge is 0.467 e. The standard InChI is InChI=1S/C5H4NO3/c7-4-8-9-5-2-1-3-6-5/h1-3,6H. The van der Waals surface area contributed by atoms with Gasteiger partial charge in [-0.1, -0.05) is 0 Å². The first-order chi connectivity index (χ1) is 4.43. The minimum absolute atomic E-state index is 0.373. The third-order valence-electron chi connectivity index (χ3n) is 0.735. The van der Waals surface area contributed by atoms with Gasteiger partial charge in [0.1, 0.15) is 0 Å². The lowest BCUT2D eigenvalue weighted by Crippen LogP contribution is -1.92. The molecule has 1 heterocycles. The van der Waals surface area contributed by atoms with E-state index in [2.05, 4.69) is 14.8 Å². The Morgan fingerprint density at radius 2 is 2.56 bits per heavy atom. The fourth-order valence-electron chi connectivity index (χ4n) is 0.428. The van der Waals surface area contributed by atoms with Crippen molar-refractivity contribution in [3.63, 3.8) is 0 Å². The number of hydrogen-bond acceptors (Lipinski definition) is 3. The van der Waals surface area contributed by atoms with Crippen LogP contribution in [0.4, 0.5) is 0 Å². The highest BCUT2D eigenvalue weighted by atomic mass is 17.2.